The summed E-state index contributed by atoms with van der Waals surface area (Å²) in [5, 5.41) is 0. The van der Waals surface area contributed by atoms with Crippen molar-refractivity contribution < 1.29 is 28.6 Å². The Labute approximate surface area is 496 Å². The van der Waals surface area contributed by atoms with Crippen molar-refractivity contribution in [3.05, 3.63) is 97.2 Å². The van der Waals surface area contributed by atoms with Gasteiger partial charge in [0.2, 0.25) is 0 Å². The van der Waals surface area contributed by atoms with Crippen molar-refractivity contribution in [3.63, 3.8) is 0 Å². The van der Waals surface area contributed by atoms with Gasteiger partial charge in [0.15, 0.2) is 6.10 Å². The van der Waals surface area contributed by atoms with Crippen LogP contribution in [0.25, 0.3) is 0 Å². The number of unbranched alkanes of at least 4 members (excludes halogenated alkanes) is 35. The maximum Gasteiger partial charge on any atom is 0.306 e. The highest BCUT2D eigenvalue weighted by Crippen LogP contribution is 2.17. The fraction of sp³-hybridized carbons (Fsp3) is 0.743. The number of carbonyl (C=O) groups excluding carboxylic acids is 3. The van der Waals surface area contributed by atoms with E-state index in [9.17, 15) is 14.4 Å². The first-order chi connectivity index (χ1) is 39.5. The predicted octanol–water partition coefficient (Wildman–Crippen LogP) is 23.6. The third-order valence-corrected chi connectivity index (χ3v) is 14.8. The van der Waals surface area contributed by atoms with Crippen LogP contribution in [0, 0.1) is 0 Å². The fourth-order valence-corrected chi connectivity index (χ4v) is 9.66. The van der Waals surface area contributed by atoms with Crippen LogP contribution in [0.3, 0.4) is 0 Å². The van der Waals surface area contributed by atoms with Crippen LogP contribution in [0.15, 0.2) is 97.2 Å². The van der Waals surface area contributed by atoms with Crippen LogP contribution in [0.4, 0.5) is 0 Å². The molecule has 0 aromatic heterocycles. The van der Waals surface area contributed by atoms with E-state index in [1.54, 1.807) is 0 Å². The normalized spacial score (nSPS) is 12.7. The van der Waals surface area contributed by atoms with E-state index in [4.69, 9.17) is 14.2 Å². The molecule has 6 heteroatoms. The number of allylic oxidation sites excluding steroid dienone is 16. The quantitative estimate of drug-likeness (QED) is 0.0261. The maximum absolute atomic E-state index is 12.9. The molecule has 6 nitrogen and oxygen atoms in total. The minimum absolute atomic E-state index is 0.0792. The average Bonchev–Trinajstić information content (AvgIpc) is 3.46. The Morgan fingerprint density at radius 1 is 0.263 bits per heavy atom. The largest absolute Gasteiger partial charge is 0.462 e. The molecule has 0 amide bonds. The van der Waals surface area contributed by atoms with E-state index in [2.05, 4.69) is 118 Å². The van der Waals surface area contributed by atoms with Crippen LogP contribution in [0.2, 0.25) is 0 Å². The minimum Gasteiger partial charge on any atom is -0.462 e. The van der Waals surface area contributed by atoms with Gasteiger partial charge < -0.3 is 14.2 Å². The topological polar surface area (TPSA) is 78.9 Å². The summed E-state index contributed by atoms with van der Waals surface area (Å²) in [6, 6.07) is 0. The zero-order chi connectivity index (χ0) is 57.8. The van der Waals surface area contributed by atoms with Crippen molar-refractivity contribution in [1.29, 1.82) is 0 Å². The molecule has 0 aromatic rings. The first-order valence-electron chi connectivity index (χ1n) is 34.2. The number of hydrogen-bond donors (Lipinski definition) is 0. The Morgan fingerprint density at radius 3 is 0.812 bits per heavy atom. The number of ether oxygens (including phenoxy) is 3. The third-order valence-electron chi connectivity index (χ3n) is 14.8. The molecule has 0 radical (unpaired) electrons. The highest BCUT2D eigenvalue weighted by Gasteiger charge is 2.19. The summed E-state index contributed by atoms with van der Waals surface area (Å²) in [6.07, 6.45) is 91.5. The average molecular weight is 1110 g/mol. The highest BCUT2D eigenvalue weighted by atomic mass is 16.6. The lowest BCUT2D eigenvalue weighted by atomic mass is 10.0. The van der Waals surface area contributed by atoms with Gasteiger partial charge in [0.1, 0.15) is 13.2 Å². The Hall–Kier alpha value is -3.67. The van der Waals surface area contributed by atoms with E-state index in [1.165, 1.54) is 193 Å². The second kappa shape index (κ2) is 67.8. The van der Waals surface area contributed by atoms with Gasteiger partial charge in [-0.05, 0) is 116 Å². The van der Waals surface area contributed by atoms with Crippen LogP contribution in [0.1, 0.15) is 335 Å². The van der Waals surface area contributed by atoms with Crippen LogP contribution in [0.5, 0.6) is 0 Å². The lowest BCUT2D eigenvalue weighted by Gasteiger charge is -2.18. The standard InChI is InChI=1S/C74H128O6/c1-4-7-10-13-16-19-22-24-26-28-30-31-32-33-34-35-36-37-38-39-40-41-42-43-44-46-47-49-52-55-58-61-64-67-73(76)79-70-71(69-78-72(75)66-63-60-57-54-51-21-18-15-12-9-6-3)80-74(77)68-65-62-59-56-53-50-48-45-29-27-25-23-20-17-14-11-8-5-2/h7,10,15-16,18-19,24,26-27,29-31,33-34,36-37,71H,4-6,8-9,11-14,17,20-23,25,28,32,35,38-70H2,1-3H3/b10-7-,18-15-,19-16-,26-24-,29-27-,31-30-,34-33-,37-36-. The van der Waals surface area contributed by atoms with Crippen molar-refractivity contribution in [2.75, 3.05) is 13.2 Å². The minimum atomic E-state index is -0.782. The van der Waals surface area contributed by atoms with Crippen molar-refractivity contribution in [1.82, 2.24) is 0 Å². The Morgan fingerprint density at radius 2 is 0.500 bits per heavy atom. The summed E-state index contributed by atoms with van der Waals surface area (Å²) in [4.78, 5) is 38.3. The molecule has 0 saturated carbocycles. The number of hydrogen-bond acceptors (Lipinski definition) is 6. The molecule has 0 aliphatic carbocycles. The molecular weight excluding hydrogens is 985 g/mol. The van der Waals surface area contributed by atoms with Gasteiger partial charge in [-0.25, -0.2) is 0 Å². The van der Waals surface area contributed by atoms with Gasteiger partial charge in [0.25, 0.3) is 0 Å². The third kappa shape index (κ3) is 65.1. The molecular formula is C74H128O6. The molecule has 460 valence electrons. The number of carbonyl (C=O) groups is 3. The van der Waals surface area contributed by atoms with Crippen molar-refractivity contribution in [2.45, 2.75) is 341 Å². The first kappa shape index (κ1) is 76.3. The van der Waals surface area contributed by atoms with Crippen LogP contribution in [-0.2, 0) is 28.6 Å². The van der Waals surface area contributed by atoms with Crippen LogP contribution >= 0.6 is 0 Å². The molecule has 0 saturated heterocycles. The zero-order valence-electron chi connectivity index (χ0n) is 52.8. The van der Waals surface area contributed by atoms with E-state index < -0.39 is 6.10 Å². The molecule has 0 heterocycles. The summed E-state index contributed by atoms with van der Waals surface area (Å²) in [5.41, 5.74) is 0. The smallest absolute Gasteiger partial charge is 0.306 e. The van der Waals surface area contributed by atoms with E-state index in [0.29, 0.717) is 19.3 Å². The van der Waals surface area contributed by atoms with E-state index in [1.807, 2.05) is 0 Å². The van der Waals surface area contributed by atoms with Crippen molar-refractivity contribution >= 4 is 17.9 Å². The van der Waals surface area contributed by atoms with Gasteiger partial charge in [-0.2, -0.15) is 0 Å². The second-order valence-corrected chi connectivity index (χ2v) is 22.7. The Bertz CT molecular complexity index is 1560. The van der Waals surface area contributed by atoms with Gasteiger partial charge in [0, 0.05) is 19.3 Å². The summed E-state index contributed by atoms with van der Waals surface area (Å²) in [5.74, 6) is -0.881. The summed E-state index contributed by atoms with van der Waals surface area (Å²) in [6.45, 7) is 6.51. The van der Waals surface area contributed by atoms with Crippen molar-refractivity contribution in [2.24, 2.45) is 0 Å². The number of rotatable bonds is 62. The van der Waals surface area contributed by atoms with Crippen molar-refractivity contribution in [3.8, 4) is 0 Å². The first-order valence-corrected chi connectivity index (χ1v) is 34.2. The number of esters is 3. The monoisotopic (exact) mass is 1110 g/mol. The van der Waals surface area contributed by atoms with Gasteiger partial charge in [0.05, 0.1) is 0 Å². The van der Waals surface area contributed by atoms with Crippen LogP contribution in [-0.4, -0.2) is 37.2 Å². The Balaban J connectivity index is 4.17. The molecule has 0 N–H and O–H groups in total. The molecule has 0 bridgehead atoms. The molecule has 1 atom stereocenters. The molecule has 0 spiro atoms. The predicted molar refractivity (Wildman–Crippen MR) is 348 cm³/mol. The van der Waals surface area contributed by atoms with Gasteiger partial charge in [-0.15, -0.1) is 0 Å². The highest BCUT2D eigenvalue weighted by molar-refractivity contribution is 5.71. The summed E-state index contributed by atoms with van der Waals surface area (Å²) in [7, 11) is 0. The maximum atomic E-state index is 12.9. The molecule has 0 aliphatic rings. The van der Waals surface area contributed by atoms with Gasteiger partial charge in [-0.3, -0.25) is 14.4 Å². The van der Waals surface area contributed by atoms with E-state index in [-0.39, 0.29) is 31.1 Å². The molecule has 0 aliphatic heterocycles. The Kier molecular flexibility index (Phi) is 64.7. The molecule has 0 rings (SSSR count). The molecule has 0 fully saturated rings. The summed E-state index contributed by atoms with van der Waals surface area (Å²) >= 11 is 0. The van der Waals surface area contributed by atoms with Gasteiger partial charge >= 0.3 is 17.9 Å². The molecule has 80 heavy (non-hydrogen) atoms. The van der Waals surface area contributed by atoms with Gasteiger partial charge in [-0.1, -0.05) is 298 Å². The zero-order valence-corrected chi connectivity index (χ0v) is 52.8. The second-order valence-electron chi connectivity index (χ2n) is 22.7. The summed E-state index contributed by atoms with van der Waals surface area (Å²) < 4.78 is 16.9. The van der Waals surface area contributed by atoms with E-state index in [0.717, 1.165) is 103 Å². The SMILES string of the molecule is CC/C=C\C/C=C\C/C=C\C/C=C\C/C=C\C/C=C\CCCCCCCCCCCCCCCCC(=O)OCC(COC(=O)CCCCCCC/C=C\CCCC)OC(=O)CCCCCCCCC/C=C\CCCCCCCCC. The molecule has 1 unspecified atom stereocenters. The van der Waals surface area contributed by atoms with Crippen LogP contribution < -0.4 is 0 Å². The van der Waals surface area contributed by atoms with E-state index >= 15 is 0 Å². The fourth-order valence-electron chi connectivity index (χ4n) is 9.66. The lowest BCUT2D eigenvalue weighted by molar-refractivity contribution is -0.167. The lowest BCUT2D eigenvalue weighted by Crippen LogP contribution is -2.30. The molecule has 0 aromatic carbocycles.